The second kappa shape index (κ2) is 8.36. The molecule has 0 radical (unpaired) electrons. The summed E-state index contributed by atoms with van der Waals surface area (Å²) in [6.07, 6.45) is 4.17. The van der Waals surface area contributed by atoms with E-state index in [9.17, 15) is 4.79 Å². The largest absolute Gasteiger partial charge is 0.460 e. The summed E-state index contributed by atoms with van der Waals surface area (Å²) in [5.74, 6) is -0.202. The Hall–Kier alpha value is -1.65. The van der Waals surface area contributed by atoms with Gasteiger partial charge in [-0.2, -0.15) is 0 Å². The maximum atomic E-state index is 12.0. The van der Waals surface area contributed by atoms with Crippen molar-refractivity contribution in [1.82, 2.24) is 0 Å². The SMILES string of the molecule is C=C(COC(=O)C(C)(C)C)C1=CC[Si](C)(C)OC1CCc1ccccc1. The molecule has 142 valence electrons. The van der Waals surface area contributed by atoms with Crippen molar-refractivity contribution < 1.29 is 14.0 Å². The highest BCUT2D eigenvalue weighted by Gasteiger charge is 2.33. The molecule has 0 aliphatic carbocycles. The van der Waals surface area contributed by atoms with Crippen molar-refractivity contribution in [3.63, 3.8) is 0 Å². The molecule has 1 aromatic carbocycles. The second-order valence-electron chi connectivity index (χ2n) is 8.68. The minimum Gasteiger partial charge on any atom is -0.460 e. The van der Waals surface area contributed by atoms with Crippen LogP contribution in [0.15, 0.2) is 54.1 Å². The topological polar surface area (TPSA) is 35.5 Å². The maximum Gasteiger partial charge on any atom is 0.311 e. The fourth-order valence-electron chi connectivity index (χ4n) is 2.97. The Balaban J connectivity index is 2.04. The quantitative estimate of drug-likeness (QED) is 0.502. The number of carbonyl (C=O) groups is 1. The summed E-state index contributed by atoms with van der Waals surface area (Å²) < 4.78 is 11.9. The van der Waals surface area contributed by atoms with E-state index >= 15 is 0 Å². The van der Waals surface area contributed by atoms with Crippen LogP contribution in [0.25, 0.3) is 0 Å². The number of benzene rings is 1. The molecule has 2 rings (SSSR count). The van der Waals surface area contributed by atoms with Gasteiger partial charge in [0.1, 0.15) is 6.61 Å². The van der Waals surface area contributed by atoms with Gasteiger partial charge >= 0.3 is 5.97 Å². The van der Waals surface area contributed by atoms with Crippen molar-refractivity contribution >= 4 is 14.3 Å². The molecule has 3 nitrogen and oxygen atoms in total. The summed E-state index contributed by atoms with van der Waals surface area (Å²) in [6.45, 7) is 14.5. The van der Waals surface area contributed by atoms with Crippen LogP contribution < -0.4 is 0 Å². The molecule has 26 heavy (non-hydrogen) atoms. The Morgan fingerprint density at radius 1 is 1.27 bits per heavy atom. The van der Waals surface area contributed by atoms with Crippen molar-refractivity contribution in [3.05, 3.63) is 59.7 Å². The summed E-state index contributed by atoms with van der Waals surface area (Å²) in [6, 6.07) is 11.4. The number of esters is 1. The smallest absolute Gasteiger partial charge is 0.311 e. The Bertz CT molecular complexity index is 668. The highest BCUT2D eigenvalue weighted by molar-refractivity contribution is 6.71. The zero-order chi connectivity index (χ0) is 19.4. The average molecular weight is 373 g/mol. The summed E-state index contributed by atoms with van der Waals surface area (Å²) in [5, 5.41) is 0. The number of allylic oxidation sites excluding steroid dienone is 1. The molecule has 0 bridgehead atoms. The van der Waals surface area contributed by atoms with Gasteiger partial charge in [0.25, 0.3) is 0 Å². The molecule has 1 aliphatic rings. The summed E-state index contributed by atoms with van der Waals surface area (Å²) in [4.78, 5) is 12.0. The first-order valence-corrected chi connectivity index (χ1v) is 12.5. The van der Waals surface area contributed by atoms with E-state index in [0.717, 1.165) is 30.0 Å². The van der Waals surface area contributed by atoms with E-state index in [-0.39, 0.29) is 18.7 Å². The molecule has 0 saturated carbocycles. The van der Waals surface area contributed by atoms with E-state index in [0.29, 0.717) is 0 Å². The highest BCUT2D eigenvalue weighted by atomic mass is 28.4. The molecular weight excluding hydrogens is 340 g/mol. The molecule has 1 aliphatic heterocycles. The fourth-order valence-corrected chi connectivity index (χ4v) is 4.79. The second-order valence-corrected chi connectivity index (χ2v) is 12.8. The Kier molecular flexibility index (Phi) is 6.64. The van der Waals surface area contributed by atoms with Crippen LogP contribution in [-0.4, -0.2) is 27.0 Å². The normalized spacial score (nSPS) is 19.6. The van der Waals surface area contributed by atoms with Gasteiger partial charge in [-0.3, -0.25) is 4.79 Å². The van der Waals surface area contributed by atoms with Crippen molar-refractivity contribution in [2.75, 3.05) is 6.61 Å². The molecule has 0 fully saturated rings. The third-order valence-corrected chi connectivity index (χ3v) is 6.67. The van der Waals surface area contributed by atoms with Gasteiger partial charge in [0, 0.05) is 0 Å². The van der Waals surface area contributed by atoms with Gasteiger partial charge in [0.05, 0.1) is 11.5 Å². The fraction of sp³-hybridized carbons (Fsp3) is 0.500. The first-order chi connectivity index (χ1) is 12.1. The molecule has 0 aromatic heterocycles. The number of aryl methyl sites for hydroxylation is 1. The molecule has 1 heterocycles. The minimum atomic E-state index is -1.68. The first kappa shape index (κ1) is 20.7. The molecule has 1 unspecified atom stereocenters. The number of rotatable bonds is 6. The Labute approximate surface area is 159 Å². The van der Waals surface area contributed by atoms with E-state index in [1.165, 1.54) is 5.56 Å². The number of ether oxygens (including phenoxy) is 1. The first-order valence-electron chi connectivity index (χ1n) is 9.36. The van der Waals surface area contributed by atoms with Crippen LogP contribution in [0.4, 0.5) is 0 Å². The molecule has 0 amide bonds. The third-order valence-electron chi connectivity index (χ3n) is 4.56. The van der Waals surface area contributed by atoms with Gasteiger partial charge in [0.2, 0.25) is 0 Å². The predicted molar refractivity (Wildman–Crippen MR) is 110 cm³/mol. The van der Waals surface area contributed by atoms with E-state index in [1.54, 1.807) is 0 Å². The van der Waals surface area contributed by atoms with E-state index in [4.69, 9.17) is 9.16 Å². The van der Waals surface area contributed by atoms with Crippen LogP contribution in [-0.2, 0) is 20.4 Å². The zero-order valence-electron chi connectivity index (χ0n) is 16.8. The Morgan fingerprint density at radius 3 is 2.54 bits per heavy atom. The summed E-state index contributed by atoms with van der Waals surface area (Å²) >= 11 is 0. The van der Waals surface area contributed by atoms with Gasteiger partial charge in [0.15, 0.2) is 8.32 Å². The van der Waals surface area contributed by atoms with Crippen molar-refractivity contribution in [3.8, 4) is 0 Å². The van der Waals surface area contributed by atoms with Crippen molar-refractivity contribution in [2.45, 2.75) is 58.9 Å². The van der Waals surface area contributed by atoms with Gasteiger partial charge < -0.3 is 9.16 Å². The number of hydrogen-bond donors (Lipinski definition) is 0. The van der Waals surface area contributed by atoms with Crippen LogP contribution in [0.5, 0.6) is 0 Å². The van der Waals surface area contributed by atoms with Crippen LogP contribution in [0, 0.1) is 5.41 Å². The molecule has 4 heteroatoms. The lowest BCUT2D eigenvalue weighted by atomic mass is 9.95. The van der Waals surface area contributed by atoms with Crippen LogP contribution in [0.2, 0.25) is 19.1 Å². The van der Waals surface area contributed by atoms with E-state index in [2.05, 4.69) is 50.0 Å². The average Bonchev–Trinajstić information content (AvgIpc) is 2.57. The lowest BCUT2D eigenvalue weighted by Gasteiger charge is -2.36. The molecule has 1 atom stereocenters. The monoisotopic (exact) mass is 372 g/mol. The summed E-state index contributed by atoms with van der Waals surface area (Å²) in [5.41, 5.74) is 2.77. The highest BCUT2D eigenvalue weighted by Crippen LogP contribution is 2.32. The number of carbonyl (C=O) groups excluding carboxylic acids is 1. The molecular formula is C22H32O3Si. The van der Waals surface area contributed by atoms with Gasteiger partial charge in [-0.25, -0.2) is 0 Å². The molecule has 0 spiro atoms. The maximum absolute atomic E-state index is 12.0. The molecule has 1 aromatic rings. The lowest BCUT2D eigenvalue weighted by Crippen LogP contribution is -2.40. The van der Waals surface area contributed by atoms with E-state index in [1.807, 2.05) is 26.8 Å². The minimum absolute atomic E-state index is 0.0338. The van der Waals surface area contributed by atoms with Gasteiger partial charge in [-0.15, -0.1) is 0 Å². The molecule has 0 N–H and O–H groups in total. The van der Waals surface area contributed by atoms with Crippen LogP contribution in [0.1, 0.15) is 32.8 Å². The van der Waals surface area contributed by atoms with Gasteiger partial charge in [-0.05, 0) is 69.5 Å². The van der Waals surface area contributed by atoms with Gasteiger partial charge in [-0.1, -0.05) is 43.0 Å². The zero-order valence-corrected chi connectivity index (χ0v) is 17.8. The Morgan fingerprint density at radius 2 is 1.92 bits per heavy atom. The van der Waals surface area contributed by atoms with E-state index < -0.39 is 13.7 Å². The standard InChI is InChI=1S/C22H32O3Si/c1-17(16-24-21(23)22(2,3)4)19-14-15-26(5,6)25-20(19)13-12-18-10-8-7-9-11-18/h7-11,14,20H,1,12-13,15-16H2,2-6H3. The van der Waals surface area contributed by atoms with Crippen molar-refractivity contribution in [2.24, 2.45) is 5.41 Å². The molecule has 0 saturated heterocycles. The predicted octanol–water partition coefficient (Wildman–Crippen LogP) is 5.30. The number of hydrogen-bond acceptors (Lipinski definition) is 3. The lowest BCUT2D eigenvalue weighted by molar-refractivity contribution is -0.151. The third kappa shape index (κ3) is 5.96. The summed E-state index contributed by atoms with van der Waals surface area (Å²) in [7, 11) is -1.68. The van der Waals surface area contributed by atoms with Crippen LogP contribution >= 0.6 is 0 Å². The van der Waals surface area contributed by atoms with Crippen molar-refractivity contribution in [1.29, 1.82) is 0 Å². The van der Waals surface area contributed by atoms with Crippen LogP contribution in [0.3, 0.4) is 0 Å².